The van der Waals surface area contributed by atoms with Crippen molar-refractivity contribution in [2.45, 2.75) is 44.6 Å². The fraction of sp³-hybridized carbons (Fsp3) is 0.875. The zero-order valence-corrected chi connectivity index (χ0v) is 5.98. The Bertz CT molecular complexity index is 126. The van der Waals surface area contributed by atoms with E-state index in [-0.39, 0.29) is 5.54 Å². The zero-order chi connectivity index (χ0) is 6.74. The summed E-state index contributed by atoms with van der Waals surface area (Å²) in [7, 11) is 0. The molecule has 0 spiro atoms. The minimum absolute atomic E-state index is 0.0122. The van der Waals surface area contributed by atoms with Gasteiger partial charge in [-0.3, -0.25) is 0 Å². The molecule has 1 rings (SSSR count). The van der Waals surface area contributed by atoms with Gasteiger partial charge in [-0.1, -0.05) is 6.42 Å². The highest BCUT2D eigenvalue weighted by Crippen LogP contribution is 2.30. The quantitative estimate of drug-likeness (QED) is 0.436. The lowest BCUT2D eigenvalue weighted by atomic mass is 9.84. The molecule has 0 atom stereocenters. The first-order chi connectivity index (χ1) is 4.27. The van der Waals surface area contributed by atoms with Gasteiger partial charge in [-0.15, -0.1) is 0 Å². The molecule has 0 aliphatic heterocycles. The maximum atomic E-state index is 6.92. The third kappa shape index (κ3) is 1.45. The van der Waals surface area contributed by atoms with Gasteiger partial charge in [0, 0.05) is 19.8 Å². The fourth-order valence-corrected chi connectivity index (χ4v) is 1.43. The third-order valence-electron chi connectivity index (χ3n) is 2.20. The first kappa shape index (κ1) is 6.61. The second-order valence-corrected chi connectivity index (χ2v) is 3.17. The van der Waals surface area contributed by atoms with Crippen molar-refractivity contribution in [3.8, 4) is 0 Å². The summed E-state index contributed by atoms with van der Waals surface area (Å²) in [6, 6.07) is 0. The number of hydrogen-bond donors (Lipinski definition) is 0. The molecule has 0 aromatic heterocycles. The Labute approximate surface area is 56.9 Å². The van der Waals surface area contributed by atoms with E-state index in [4.69, 9.17) is 6.57 Å². The Morgan fingerprint density at radius 1 is 1.22 bits per heavy atom. The molecule has 1 aliphatic carbocycles. The second kappa shape index (κ2) is 2.39. The number of rotatable bonds is 0. The van der Waals surface area contributed by atoms with Gasteiger partial charge in [-0.25, -0.2) is 6.57 Å². The zero-order valence-electron chi connectivity index (χ0n) is 5.98. The Morgan fingerprint density at radius 3 is 2.11 bits per heavy atom. The number of hydrogen-bond acceptors (Lipinski definition) is 0. The molecular weight excluding hydrogens is 110 g/mol. The molecule has 1 saturated carbocycles. The van der Waals surface area contributed by atoms with E-state index in [9.17, 15) is 0 Å². The van der Waals surface area contributed by atoms with Gasteiger partial charge in [0.05, 0.1) is 0 Å². The third-order valence-corrected chi connectivity index (χ3v) is 2.20. The molecule has 1 nitrogen and oxygen atoms in total. The maximum Gasteiger partial charge on any atom is 0.229 e. The van der Waals surface area contributed by atoms with E-state index in [1.807, 2.05) is 0 Å². The largest absolute Gasteiger partial charge is 0.311 e. The van der Waals surface area contributed by atoms with Gasteiger partial charge in [-0.05, 0) is 12.8 Å². The van der Waals surface area contributed by atoms with Crippen molar-refractivity contribution in [2.24, 2.45) is 0 Å². The monoisotopic (exact) mass is 123 g/mol. The van der Waals surface area contributed by atoms with Crippen LogP contribution in [0.1, 0.15) is 39.0 Å². The highest BCUT2D eigenvalue weighted by Gasteiger charge is 2.31. The molecule has 0 radical (unpaired) electrons. The molecule has 50 valence electrons. The Morgan fingerprint density at radius 2 is 1.78 bits per heavy atom. The van der Waals surface area contributed by atoms with Gasteiger partial charge in [0.2, 0.25) is 5.54 Å². The van der Waals surface area contributed by atoms with Crippen LogP contribution < -0.4 is 0 Å². The normalized spacial score (nSPS) is 24.9. The Kier molecular flexibility index (Phi) is 1.75. The Balaban J connectivity index is 2.49. The molecule has 0 heterocycles. The topological polar surface area (TPSA) is 4.36 Å². The molecule has 0 amide bonds. The fourth-order valence-electron chi connectivity index (χ4n) is 1.43. The van der Waals surface area contributed by atoms with Crippen molar-refractivity contribution in [1.82, 2.24) is 0 Å². The standard InChI is InChI=1S/C8H13N/c1-8(9-2)6-4-3-5-7-8/h3-7H2,1H3. The van der Waals surface area contributed by atoms with E-state index in [1.54, 1.807) is 0 Å². The van der Waals surface area contributed by atoms with Crippen molar-refractivity contribution < 1.29 is 0 Å². The van der Waals surface area contributed by atoms with Crippen molar-refractivity contribution in [2.75, 3.05) is 0 Å². The maximum absolute atomic E-state index is 6.92. The molecule has 0 aromatic rings. The lowest BCUT2D eigenvalue weighted by Gasteiger charge is -2.21. The summed E-state index contributed by atoms with van der Waals surface area (Å²) in [6.07, 6.45) is 6.11. The van der Waals surface area contributed by atoms with Gasteiger partial charge in [0.15, 0.2) is 0 Å². The smallest absolute Gasteiger partial charge is 0.229 e. The summed E-state index contributed by atoms with van der Waals surface area (Å²) in [5.41, 5.74) is 0.0122. The average Bonchev–Trinajstić information content (AvgIpc) is 1.90. The van der Waals surface area contributed by atoms with Gasteiger partial charge in [0.25, 0.3) is 0 Å². The molecule has 0 bridgehead atoms. The lowest BCUT2D eigenvalue weighted by molar-refractivity contribution is 0.372. The summed E-state index contributed by atoms with van der Waals surface area (Å²) in [4.78, 5) is 3.63. The van der Waals surface area contributed by atoms with Crippen LogP contribution in [0, 0.1) is 6.57 Å². The molecule has 0 unspecified atom stereocenters. The lowest BCUT2D eigenvalue weighted by Crippen LogP contribution is -2.22. The van der Waals surface area contributed by atoms with E-state index in [0.29, 0.717) is 0 Å². The highest BCUT2D eigenvalue weighted by molar-refractivity contribution is 4.95. The average molecular weight is 123 g/mol. The van der Waals surface area contributed by atoms with E-state index < -0.39 is 0 Å². The molecule has 0 saturated heterocycles. The minimum Gasteiger partial charge on any atom is -0.311 e. The molecular formula is C8H13N. The van der Waals surface area contributed by atoms with Crippen LogP contribution >= 0.6 is 0 Å². The van der Waals surface area contributed by atoms with Crippen molar-refractivity contribution in [3.05, 3.63) is 11.4 Å². The summed E-state index contributed by atoms with van der Waals surface area (Å²) in [5, 5.41) is 0. The summed E-state index contributed by atoms with van der Waals surface area (Å²) in [5.74, 6) is 0. The molecule has 1 heteroatoms. The second-order valence-electron chi connectivity index (χ2n) is 3.17. The van der Waals surface area contributed by atoms with Crippen molar-refractivity contribution in [1.29, 1.82) is 0 Å². The van der Waals surface area contributed by atoms with E-state index in [1.165, 1.54) is 19.3 Å². The van der Waals surface area contributed by atoms with E-state index >= 15 is 0 Å². The molecule has 1 aliphatic rings. The van der Waals surface area contributed by atoms with E-state index in [2.05, 4.69) is 11.8 Å². The van der Waals surface area contributed by atoms with Gasteiger partial charge in [0.1, 0.15) is 0 Å². The Hall–Kier alpha value is -0.510. The van der Waals surface area contributed by atoms with Gasteiger partial charge in [-0.2, -0.15) is 0 Å². The van der Waals surface area contributed by atoms with Crippen LogP contribution in [0.4, 0.5) is 0 Å². The van der Waals surface area contributed by atoms with Crippen molar-refractivity contribution >= 4 is 0 Å². The van der Waals surface area contributed by atoms with Crippen LogP contribution in [0.5, 0.6) is 0 Å². The molecule has 0 N–H and O–H groups in total. The predicted molar refractivity (Wildman–Crippen MR) is 38.1 cm³/mol. The number of nitrogens with zero attached hydrogens (tertiary/aromatic N) is 1. The summed E-state index contributed by atoms with van der Waals surface area (Å²) < 4.78 is 0. The van der Waals surface area contributed by atoms with Gasteiger partial charge < -0.3 is 4.85 Å². The molecule has 1 fully saturated rings. The van der Waals surface area contributed by atoms with Gasteiger partial charge >= 0.3 is 0 Å². The van der Waals surface area contributed by atoms with Crippen molar-refractivity contribution in [3.63, 3.8) is 0 Å². The molecule has 9 heavy (non-hydrogen) atoms. The first-order valence-corrected chi connectivity index (χ1v) is 3.65. The van der Waals surface area contributed by atoms with Crippen LogP contribution in [0.3, 0.4) is 0 Å². The molecule has 0 aromatic carbocycles. The van der Waals surface area contributed by atoms with Crippen LogP contribution in [0.15, 0.2) is 0 Å². The predicted octanol–water partition coefficient (Wildman–Crippen LogP) is 2.63. The van der Waals surface area contributed by atoms with Crippen LogP contribution in [0.2, 0.25) is 0 Å². The summed E-state index contributed by atoms with van der Waals surface area (Å²) in [6.45, 7) is 9.00. The minimum atomic E-state index is 0.0122. The highest BCUT2D eigenvalue weighted by atomic mass is 14.8. The SMILES string of the molecule is [C-]#[N+]C1(C)CCCCC1. The van der Waals surface area contributed by atoms with Crippen LogP contribution in [-0.4, -0.2) is 5.54 Å². The summed E-state index contributed by atoms with van der Waals surface area (Å²) >= 11 is 0. The van der Waals surface area contributed by atoms with E-state index in [0.717, 1.165) is 12.8 Å². The van der Waals surface area contributed by atoms with Crippen LogP contribution in [0.25, 0.3) is 4.85 Å². The first-order valence-electron chi connectivity index (χ1n) is 3.65. The van der Waals surface area contributed by atoms with Crippen LogP contribution in [-0.2, 0) is 0 Å².